The maximum absolute atomic E-state index is 13.7. The fraction of sp³-hybridized carbons (Fsp3) is 0.310. The molecule has 13 heteroatoms. The number of nitrogens with one attached hydrogen (secondary N) is 1. The zero-order valence-electron chi connectivity index (χ0n) is 22.2. The quantitative estimate of drug-likeness (QED) is 0.262. The van der Waals surface area contributed by atoms with Gasteiger partial charge in [-0.2, -0.15) is 13.2 Å². The second-order valence-electron chi connectivity index (χ2n) is 9.52. The molecule has 0 saturated heterocycles. The van der Waals surface area contributed by atoms with Crippen LogP contribution in [-0.4, -0.2) is 62.6 Å². The molecule has 0 saturated carbocycles. The Balaban J connectivity index is 1.76. The molecular weight excluding hydrogens is 641 g/mol. The number of benzene rings is 3. The number of halogens is 4. The maximum atomic E-state index is 13.7. The Morgan fingerprint density at radius 3 is 2.33 bits per heavy atom. The van der Waals surface area contributed by atoms with Gasteiger partial charge >= 0.3 is 6.18 Å². The van der Waals surface area contributed by atoms with E-state index in [9.17, 15) is 26.4 Å². The highest BCUT2D eigenvalue weighted by Crippen LogP contribution is 2.43. The SMILES string of the molecule is O=C(NCC(F)(F)F)[C@]1(CCS(=O)(=O)c2ccccc2)N=C(c2ccc(OCCCO)cc2)O[C@@H]1c1ccc(Br)cc1. The minimum Gasteiger partial charge on any atom is -0.494 e. The van der Waals surface area contributed by atoms with Crippen molar-refractivity contribution in [2.45, 2.75) is 35.6 Å². The van der Waals surface area contributed by atoms with Crippen LogP contribution in [0.5, 0.6) is 5.75 Å². The van der Waals surface area contributed by atoms with Crippen LogP contribution in [0.15, 0.2) is 93.2 Å². The maximum Gasteiger partial charge on any atom is 0.405 e. The second-order valence-corrected chi connectivity index (χ2v) is 12.5. The van der Waals surface area contributed by atoms with Crippen LogP contribution in [0.1, 0.15) is 30.1 Å². The van der Waals surface area contributed by atoms with Gasteiger partial charge in [0.1, 0.15) is 12.3 Å². The number of aliphatic hydroxyl groups is 1. The summed E-state index contributed by atoms with van der Waals surface area (Å²) in [5.41, 5.74) is -1.23. The average molecular weight is 670 g/mol. The molecular formula is C29H28BrF3N2O6S. The van der Waals surface area contributed by atoms with Crippen LogP contribution in [0.2, 0.25) is 0 Å². The molecule has 42 heavy (non-hydrogen) atoms. The molecule has 0 unspecified atom stereocenters. The van der Waals surface area contributed by atoms with Crippen molar-refractivity contribution in [1.82, 2.24) is 5.32 Å². The second kappa shape index (κ2) is 13.3. The molecule has 0 radical (unpaired) electrons. The van der Waals surface area contributed by atoms with Gasteiger partial charge in [0, 0.05) is 29.5 Å². The van der Waals surface area contributed by atoms with Crippen LogP contribution in [0.25, 0.3) is 0 Å². The molecule has 3 aromatic rings. The van der Waals surface area contributed by atoms with Gasteiger partial charge in [-0.15, -0.1) is 0 Å². The Morgan fingerprint density at radius 2 is 1.71 bits per heavy atom. The lowest BCUT2D eigenvalue weighted by Gasteiger charge is -2.30. The van der Waals surface area contributed by atoms with E-state index < -0.39 is 52.3 Å². The summed E-state index contributed by atoms with van der Waals surface area (Å²) >= 11 is 3.34. The first-order chi connectivity index (χ1) is 19.9. The number of hydrogen-bond acceptors (Lipinski definition) is 7. The first-order valence-corrected chi connectivity index (χ1v) is 15.4. The standard InChI is InChI=1S/C29H28BrF3N2O6S/c30-22-11-7-20(8-12-22)25-28(27(37)34-19-29(31,32)33,15-18-42(38,39)24-5-2-1-3-6-24)35-26(41-25)21-9-13-23(14-10-21)40-17-4-16-36/h1-3,5-14,25,36H,4,15-19H2,(H,34,37)/t25-,28-/m1/s1. The minimum absolute atomic E-state index is 0.0101. The van der Waals surface area contributed by atoms with E-state index >= 15 is 0 Å². The fourth-order valence-electron chi connectivity index (χ4n) is 4.38. The average Bonchev–Trinajstić information content (AvgIpc) is 3.37. The number of alkyl halides is 3. The van der Waals surface area contributed by atoms with E-state index in [1.54, 1.807) is 66.7 Å². The number of carbonyl (C=O) groups is 1. The number of hydrogen-bond donors (Lipinski definition) is 2. The van der Waals surface area contributed by atoms with E-state index in [1.807, 2.05) is 5.32 Å². The van der Waals surface area contributed by atoms with Gasteiger partial charge in [-0.25, -0.2) is 13.4 Å². The van der Waals surface area contributed by atoms with Crippen molar-refractivity contribution in [3.05, 3.63) is 94.5 Å². The Labute approximate surface area is 249 Å². The summed E-state index contributed by atoms with van der Waals surface area (Å²) in [4.78, 5) is 18.2. The fourth-order valence-corrected chi connectivity index (χ4v) is 6.03. The molecule has 3 aromatic carbocycles. The summed E-state index contributed by atoms with van der Waals surface area (Å²) in [5, 5.41) is 10.9. The molecule has 4 rings (SSSR count). The molecule has 8 nitrogen and oxygen atoms in total. The Kier molecular flexibility index (Phi) is 9.95. The van der Waals surface area contributed by atoms with E-state index in [2.05, 4.69) is 20.9 Å². The molecule has 0 fully saturated rings. The zero-order valence-corrected chi connectivity index (χ0v) is 24.6. The number of aliphatic hydroxyl groups excluding tert-OH is 1. The molecule has 1 amide bonds. The lowest BCUT2D eigenvalue weighted by atomic mass is 9.85. The third-order valence-corrected chi connectivity index (χ3v) is 8.77. The molecule has 0 bridgehead atoms. The van der Waals surface area contributed by atoms with Crippen molar-refractivity contribution in [3.8, 4) is 5.75 Å². The topological polar surface area (TPSA) is 114 Å². The first kappa shape index (κ1) is 31.5. The summed E-state index contributed by atoms with van der Waals surface area (Å²) in [6.45, 7) is -1.37. The van der Waals surface area contributed by atoms with Crippen LogP contribution in [0.3, 0.4) is 0 Å². The monoisotopic (exact) mass is 668 g/mol. The third-order valence-electron chi connectivity index (χ3n) is 6.51. The molecule has 1 aliphatic rings. The Morgan fingerprint density at radius 1 is 1.05 bits per heavy atom. The van der Waals surface area contributed by atoms with Crippen molar-refractivity contribution >= 4 is 37.6 Å². The predicted molar refractivity (Wildman–Crippen MR) is 153 cm³/mol. The van der Waals surface area contributed by atoms with Crippen molar-refractivity contribution in [1.29, 1.82) is 0 Å². The van der Waals surface area contributed by atoms with Crippen LogP contribution in [-0.2, 0) is 19.4 Å². The smallest absolute Gasteiger partial charge is 0.405 e. The summed E-state index contributed by atoms with van der Waals surface area (Å²) in [6.07, 6.45) is -5.97. The number of amides is 1. The van der Waals surface area contributed by atoms with Crippen LogP contribution in [0, 0.1) is 0 Å². The summed E-state index contributed by atoms with van der Waals surface area (Å²) in [6, 6.07) is 20.6. The number of sulfone groups is 1. The first-order valence-electron chi connectivity index (χ1n) is 12.9. The molecule has 2 N–H and O–H groups in total. The highest BCUT2D eigenvalue weighted by atomic mass is 79.9. The zero-order chi connectivity index (χ0) is 30.4. The molecule has 1 aliphatic heterocycles. The summed E-state index contributed by atoms with van der Waals surface area (Å²) in [7, 11) is -3.94. The third kappa shape index (κ3) is 7.69. The van der Waals surface area contributed by atoms with Gasteiger partial charge in [0.05, 0.1) is 17.3 Å². The van der Waals surface area contributed by atoms with E-state index in [4.69, 9.17) is 14.6 Å². The molecule has 2 atom stereocenters. The number of aliphatic imine (C=N–C) groups is 1. The van der Waals surface area contributed by atoms with Gasteiger partial charge in [0.25, 0.3) is 5.91 Å². The Bertz CT molecular complexity index is 1500. The van der Waals surface area contributed by atoms with Gasteiger partial charge in [0.2, 0.25) is 5.90 Å². The van der Waals surface area contributed by atoms with Crippen LogP contribution in [0.4, 0.5) is 13.2 Å². The lowest BCUT2D eigenvalue weighted by Crippen LogP contribution is -2.51. The molecule has 0 spiro atoms. The van der Waals surface area contributed by atoms with Gasteiger partial charge in [-0.1, -0.05) is 46.3 Å². The number of nitrogens with zero attached hydrogens (tertiary/aromatic N) is 1. The van der Waals surface area contributed by atoms with Crippen molar-refractivity contribution < 1.29 is 41.0 Å². The minimum atomic E-state index is -4.71. The largest absolute Gasteiger partial charge is 0.494 e. The predicted octanol–water partition coefficient (Wildman–Crippen LogP) is 5.01. The van der Waals surface area contributed by atoms with Crippen molar-refractivity contribution in [2.24, 2.45) is 4.99 Å². The van der Waals surface area contributed by atoms with Crippen molar-refractivity contribution in [3.63, 3.8) is 0 Å². The van der Waals surface area contributed by atoms with Gasteiger partial charge in [0.15, 0.2) is 21.5 Å². The van der Waals surface area contributed by atoms with E-state index in [0.717, 1.165) is 0 Å². The molecule has 0 aliphatic carbocycles. The number of ether oxygens (including phenoxy) is 2. The van der Waals surface area contributed by atoms with E-state index in [0.29, 0.717) is 27.8 Å². The number of rotatable bonds is 12. The van der Waals surface area contributed by atoms with E-state index in [-0.39, 0.29) is 24.0 Å². The molecule has 224 valence electrons. The lowest BCUT2D eigenvalue weighted by molar-refractivity contribution is -0.143. The summed E-state index contributed by atoms with van der Waals surface area (Å²) in [5.74, 6) is -1.24. The summed E-state index contributed by atoms with van der Waals surface area (Å²) < 4.78 is 78.4. The van der Waals surface area contributed by atoms with Gasteiger partial charge in [-0.05, 0) is 54.1 Å². The van der Waals surface area contributed by atoms with Gasteiger partial charge in [-0.3, -0.25) is 4.79 Å². The van der Waals surface area contributed by atoms with Crippen LogP contribution >= 0.6 is 15.9 Å². The van der Waals surface area contributed by atoms with Gasteiger partial charge < -0.3 is 19.9 Å². The van der Waals surface area contributed by atoms with Crippen LogP contribution < -0.4 is 10.1 Å². The normalized spacial score (nSPS) is 18.7. The highest BCUT2D eigenvalue weighted by Gasteiger charge is 2.54. The molecule has 0 aromatic heterocycles. The molecule has 1 heterocycles. The Hall–Kier alpha value is -3.42. The highest BCUT2D eigenvalue weighted by molar-refractivity contribution is 9.10. The van der Waals surface area contributed by atoms with Crippen molar-refractivity contribution in [2.75, 3.05) is 25.5 Å². The van der Waals surface area contributed by atoms with E-state index in [1.165, 1.54) is 12.1 Å². The number of carbonyl (C=O) groups excluding carboxylic acids is 1.